The first-order chi connectivity index (χ1) is 8.44. The van der Waals surface area contributed by atoms with Gasteiger partial charge in [-0.25, -0.2) is 0 Å². The molecule has 1 saturated carbocycles. The topological polar surface area (TPSA) is 46.2 Å². The van der Waals surface area contributed by atoms with E-state index in [-0.39, 0.29) is 5.41 Å². The summed E-state index contributed by atoms with van der Waals surface area (Å²) < 4.78 is 0. The highest BCUT2D eigenvalue weighted by atomic mass is 35.5. The van der Waals surface area contributed by atoms with Crippen LogP contribution in [0.5, 0.6) is 5.75 Å². The van der Waals surface area contributed by atoms with Crippen LogP contribution in [-0.4, -0.2) is 11.7 Å². The molecule has 3 N–H and O–H groups in total. The summed E-state index contributed by atoms with van der Waals surface area (Å²) in [5, 5.41) is 11.3. The summed E-state index contributed by atoms with van der Waals surface area (Å²) in [4.78, 5) is 0. The van der Waals surface area contributed by atoms with Crippen LogP contribution in [0.3, 0.4) is 0 Å². The first kappa shape index (κ1) is 13.7. The van der Waals surface area contributed by atoms with Crippen molar-refractivity contribution in [1.29, 1.82) is 0 Å². The molecule has 0 unspecified atom stereocenters. The van der Waals surface area contributed by atoms with Gasteiger partial charge in [-0.15, -0.1) is 0 Å². The van der Waals surface area contributed by atoms with Crippen molar-refractivity contribution in [3.05, 3.63) is 27.3 Å². The lowest BCUT2D eigenvalue weighted by Gasteiger charge is -2.32. The molecule has 0 aromatic heterocycles. The van der Waals surface area contributed by atoms with Gasteiger partial charge in [-0.1, -0.05) is 24.4 Å². The summed E-state index contributed by atoms with van der Waals surface area (Å²) in [5.74, 6) is 0.404. The van der Waals surface area contributed by atoms with Gasteiger partial charge < -0.3 is 10.8 Å². The van der Waals surface area contributed by atoms with Crippen molar-refractivity contribution in [2.24, 2.45) is 5.73 Å². The summed E-state index contributed by atoms with van der Waals surface area (Å²) in [6, 6.07) is 0. The maximum atomic E-state index is 10.5. The zero-order chi connectivity index (χ0) is 13.5. The van der Waals surface area contributed by atoms with Crippen LogP contribution in [0.1, 0.15) is 47.9 Å². The predicted octanol–water partition coefficient (Wildman–Crippen LogP) is 3.74. The number of phenols is 1. The highest BCUT2D eigenvalue weighted by Gasteiger charge is 2.38. The van der Waals surface area contributed by atoms with Crippen molar-refractivity contribution in [3.63, 3.8) is 0 Å². The number of aromatic hydroxyl groups is 1. The first-order valence-electron chi connectivity index (χ1n) is 6.63. The van der Waals surface area contributed by atoms with Crippen LogP contribution in [0.4, 0.5) is 0 Å². The van der Waals surface area contributed by atoms with Crippen LogP contribution >= 0.6 is 11.6 Å². The summed E-state index contributed by atoms with van der Waals surface area (Å²) in [7, 11) is 0. The molecule has 1 aromatic carbocycles. The van der Waals surface area contributed by atoms with Crippen molar-refractivity contribution < 1.29 is 5.11 Å². The van der Waals surface area contributed by atoms with E-state index in [4.69, 9.17) is 17.3 Å². The molecule has 2 rings (SSSR count). The predicted molar refractivity (Wildman–Crippen MR) is 76.5 cm³/mol. The molecule has 18 heavy (non-hydrogen) atoms. The minimum atomic E-state index is -0.0731. The fourth-order valence-corrected chi connectivity index (χ4v) is 3.59. The lowest BCUT2D eigenvalue weighted by Crippen LogP contribution is -2.33. The Morgan fingerprint density at radius 2 is 1.67 bits per heavy atom. The van der Waals surface area contributed by atoms with Gasteiger partial charge in [-0.3, -0.25) is 0 Å². The normalized spacial score (nSPS) is 18.3. The van der Waals surface area contributed by atoms with Crippen LogP contribution in [0.25, 0.3) is 0 Å². The van der Waals surface area contributed by atoms with Crippen molar-refractivity contribution in [3.8, 4) is 5.75 Å². The zero-order valence-electron chi connectivity index (χ0n) is 11.4. The smallest absolute Gasteiger partial charge is 0.122 e. The molecule has 0 spiro atoms. The van der Waals surface area contributed by atoms with Crippen molar-refractivity contribution in [2.45, 2.75) is 51.9 Å². The van der Waals surface area contributed by atoms with Gasteiger partial charge in [0.05, 0.1) is 0 Å². The molecule has 0 saturated heterocycles. The second-order valence-corrected chi connectivity index (χ2v) is 5.98. The third-order valence-corrected chi connectivity index (χ3v) is 5.24. The maximum Gasteiger partial charge on any atom is 0.122 e. The van der Waals surface area contributed by atoms with Gasteiger partial charge in [0, 0.05) is 22.5 Å². The Labute approximate surface area is 114 Å². The van der Waals surface area contributed by atoms with E-state index in [0.717, 1.165) is 40.1 Å². The minimum absolute atomic E-state index is 0.0731. The molecular formula is C15H22ClNO. The molecular weight excluding hydrogens is 246 g/mol. The monoisotopic (exact) mass is 267 g/mol. The molecule has 0 radical (unpaired) electrons. The zero-order valence-corrected chi connectivity index (χ0v) is 12.2. The Hall–Kier alpha value is -0.730. The second-order valence-electron chi connectivity index (χ2n) is 5.60. The first-order valence-corrected chi connectivity index (χ1v) is 7.01. The van der Waals surface area contributed by atoms with Crippen molar-refractivity contribution in [1.82, 2.24) is 0 Å². The third-order valence-electron chi connectivity index (χ3n) is 4.67. The van der Waals surface area contributed by atoms with Crippen LogP contribution < -0.4 is 5.73 Å². The second kappa shape index (κ2) is 4.75. The minimum Gasteiger partial charge on any atom is -0.507 e. The molecule has 0 atom stereocenters. The van der Waals surface area contributed by atoms with Crippen molar-refractivity contribution in [2.75, 3.05) is 6.54 Å². The molecule has 100 valence electrons. The lowest BCUT2D eigenvalue weighted by atomic mass is 9.75. The fourth-order valence-electron chi connectivity index (χ4n) is 3.36. The Kier molecular flexibility index (Phi) is 3.61. The lowest BCUT2D eigenvalue weighted by molar-refractivity contribution is 0.401. The van der Waals surface area contributed by atoms with Crippen LogP contribution in [-0.2, 0) is 5.41 Å². The Morgan fingerprint density at radius 1 is 1.11 bits per heavy atom. The van der Waals surface area contributed by atoms with E-state index in [0.29, 0.717) is 12.3 Å². The average molecular weight is 268 g/mol. The number of hydrogen-bond donors (Lipinski definition) is 2. The average Bonchev–Trinajstić information content (AvgIpc) is 2.84. The number of nitrogens with two attached hydrogens (primary N) is 1. The maximum absolute atomic E-state index is 10.5. The highest BCUT2D eigenvalue weighted by molar-refractivity contribution is 6.32. The Bertz CT molecular complexity index is 447. The molecule has 0 amide bonds. The van der Waals surface area contributed by atoms with Gasteiger partial charge in [0.15, 0.2) is 0 Å². The summed E-state index contributed by atoms with van der Waals surface area (Å²) in [6.45, 7) is 6.47. The highest BCUT2D eigenvalue weighted by Crippen LogP contribution is 2.48. The summed E-state index contributed by atoms with van der Waals surface area (Å²) in [5.41, 5.74) is 9.81. The van der Waals surface area contributed by atoms with E-state index in [1.165, 1.54) is 12.8 Å². The number of benzene rings is 1. The number of halogens is 1. The van der Waals surface area contributed by atoms with Gasteiger partial charge in [-0.2, -0.15) is 0 Å². The standard InChI is InChI=1S/C15H22ClNO/c1-9-10(2)14(18)12(11(3)13(9)16)15(8-17)6-4-5-7-15/h18H,4-8,17H2,1-3H3. The summed E-state index contributed by atoms with van der Waals surface area (Å²) in [6.07, 6.45) is 4.47. The van der Waals surface area contributed by atoms with E-state index in [1.54, 1.807) is 0 Å². The van der Waals surface area contributed by atoms with E-state index >= 15 is 0 Å². The van der Waals surface area contributed by atoms with Gasteiger partial charge in [0.2, 0.25) is 0 Å². The van der Waals surface area contributed by atoms with Gasteiger partial charge in [0.1, 0.15) is 5.75 Å². The van der Waals surface area contributed by atoms with Crippen molar-refractivity contribution >= 4 is 11.6 Å². The largest absolute Gasteiger partial charge is 0.507 e. The molecule has 1 aliphatic rings. The third kappa shape index (κ3) is 1.83. The number of hydrogen-bond acceptors (Lipinski definition) is 2. The van der Waals surface area contributed by atoms with Crippen LogP contribution in [0.15, 0.2) is 0 Å². The number of rotatable bonds is 2. The molecule has 0 aliphatic heterocycles. The molecule has 0 bridgehead atoms. The van der Waals surface area contributed by atoms with Gasteiger partial charge in [-0.05, 0) is 50.3 Å². The van der Waals surface area contributed by atoms with E-state index in [2.05, 4.69) is 0 Å². The summed E-state index contributed by atoms with van der Waals surface area (Å²) >= 11 is 6.41. The van der Waals surface area contributed by atoms with E-state index in [1.807, 2.05) is 20.8 Å². The molecule has 3 heteroatoms. The van der Waals surface area contributed by atoms with E-state index < -0.39 is 0 Å². The van der Waals surface area contributed by atoms with Crippen LogP contribution in [0, 0.1) is 20.8 Å². The van der Waals surface area contributed by atoms with Gasteiger partial charge in [0.25, 0.3) is 0 Å². The SMILES string of the molecule is Cc1c(C)c(Cl)c(C)c(C2(CN)CCCC2)c1O. The van der Waals surface area contributed by atoms with Crippen LogP contribution in [0.2, 0.25) is 5.02 Å². The molecule has 1 fully saturated rings. The van der Waals surface area contributed by atoms with E-state index in [9.17, 15) is 5.11 Å². The quantitative estimate of drug-likeness (QED) is 0.857. The molecule has 1 aliphatic carbocycles. The number of phenolic OH excluding ortho intramolecular Hbond substituents is 1. The Balaban J connectivity index is 2.71. The fraction of sp³-hybridized carbons (Fsp3) is 0.600. The van der Waals surface area contributed by atoms with Gasteiger partial charge >= 0.3 is 0 Å². The molecule has 1 aromatic rings. The Morgan fingerprint density at radius 3 is 2.17 bits per heavy atom. The molecule has 2 nitrogen and oxygen atoms in total. The molecule has 0 heterocycles.